The lowest BCUT2D eigenvalue weighted by Gasteiger charge is -2.02. The summed E-state index contributed by atoms with van der Waals surface area (Å²) in [6, 6.07) is 20.7. The first kappa shape index (κ1) is 15.4. The van der Waals surface area contributed by atoms with Crippen LogP contribution in [0.1, 0.15) is 18.4 Å². The summed E-state index contributed by atoms with van der Waals surface area (Å²) >= 11 is 0. The Kier molecular flexibility index (Phi) is 4.17. The van der Waals surface area contributed by atoms with Crippen LogP contribution in [0.3, 0.4) is 0 Å². The Balaban J connectivity index is 1.54. The summed E-state index contributed by atoms with van der Waals surface area (Å²) < 4.78 is 7.63. The molecule has 0 spiro atoms. The molecule has 0 saturated carbocycles. The van der Waals surface area contributed by atoms with Gasteiger partial charge in [-0.15, -0.1) is 0 Å². The molecule has 4 rings (SSSR count). The maximum Gasteiger partial charge on any atom is 0.167 e. The highest BCUT2D eigenvalue weighted by molar-refractivity contribution is 5.68. The molecule has 0 atom stereocenters. The fourth-order valence-electron chi connectivity index (χ4n) is 2.95. The van der Waals surface area contributed by atoms with E-state index in [1.807, 2.05) is 36.7 Å². The van der Waals surface area contributed by atoms with Crippen molar-refractivity contribution in [1.29, 1.82) is 0 Å². The minimum atomic E-state index is 0.675. The summed E-state index contributed by atoms with van der Waals surface area (Å²) in [6.45, 7) is 2.77. The van der Waals surface area contributed by atoms with Crippen molar-refractivity contribution in [2.24, 2.45) is 0 Å². The van der Waals surface area contributed by atoms with Crippen LogP contribution in [0.2, 0.25) is 0 Å². The Hall–Kier alpha value is -3.14. The molecular weight excluding hydrogens is 310 g/mol. The third-order valence-electron chi connectivity index (χ3n) is 4.29. The van der Waals surface area contributed by atoms with Crippen LogP contribution in [0.4, 0.5) is 0 Å². The number of imidazole rings is 1. The molecule has 2 aromatic carbocycles. The molecule has 0 radical (unpaired) electrons. The van der Waals surface area contributed by atoms with Gasteiger partial charge in [-0.05, 0) is 11.1 Å². The molecule has 124 valence electrons. The van der Waals surface area contributed by atoms with Crippen LogP contribution in [0.25, 0.3) is 22.5 Å². The lowest BCUT2D eigenvalue weighted by molar-refractivity contribution is 0.421. The van der Waals surface area contributed by atoms with Crippen molar-refractivity contribution >= 4 is 0 Å². The van der Waals surface area contributed by atoms with E-state index in [0.717, 1.165) is 29.3 Å². The Morgan fingerprint density at radius 1 is 0.920 bits per heavy atom. The van der Waals surface area contributed by atoms with E-state index in [0.29, 0.717) is 6.54 Å². The van der Waals surface area contributed by atoms with Gasteiger partial charge in [-0.1, -0.05) is 66.7 Å². The summed E-state index contributed by atoms with van der Waals surface area (Å²) in [4.78, 5) is 4.34. The van der Waals surface area contributed by atoms with Crippen LogP contribution in [-0.2, 0) is 13.0 Å². The molecule has 0 fully saturated rings. The van der Waals surface area contributed by atoms with Gasteiger partial charge in [0, 0.05) is 30.4 Å². The molecule has 4 aromatic rings. The smallest absolute Gasteiger partial charge is 0.167 e. The van der Waals surface area contributed by atoms with Crippen molar-refractivity contribution < 1.29 is 4.52 Å². The lowest BCUT2D eigenvalue weighted by Crippen LogP contribution is -2.03. The third-order valence-corrected chi connectivity index (χ3v) is 4.29. The van der Waals surface area contributed by atoms with Crippen molar-refractivity contribution in [3.05, 3.63) is 84.6 Å². The van der Waals surface area contributed by atoms with Crippen molar-refractivity contribution in [3.63, 3.8) is 0 Å². The molecule has 0 saturated heterocycles. The van der Waals surface area contributed by atoms with Crippen LogP contribution in [0.5, 0.6) is 0 Å². The second-order valence-electron chi connectivity index (χ2n) is 5.95. The van der Waals surface area contributed by atoms with Crippen molar-refractivity contribution in [1.82, 2.24) is 14.7 Å². The molecule has 4 heteroatoms. The molecule has 2 heterocycles. The largest absolute Gasteiger partial charge is 0.356 e. The summed E-state index contributed by atoms with van der Waals surface area (Å²) in [7, 11) is 0. The molecule has 0 aliphatic heterocycles. The average Bonchev–Trinajstić information content (AvgIpc) is 3.32. The number of rotatable bonds is 5. The number of nitrogens with zero attached hydrogens (tertiary/aromatic N) is 3. The van der Waals surface area contributed by atoms with E-state index in [9.17, 15) is 0 Å². The zero-order valence-corrected chi connectivity index (χ0v) is 14.1. The average molecular weight is 329 g/mol. The molecule has 0 unspecified atom stereocenters. The van der Waals surface area contributed by atoms with E-state index in [-0.39, 0.29) is 0 Å². The standard InChI is InChI=1S/C21H19N3O/c1-2-21-22-12-13-24(21)15-19-14-20(25-23-19)18-10-8-17(9-11-18)16-6-4-3-5-7-16/h3-14H,2,15H2,1H3. The van der Waals surface area contributed by atoms with Gasteiger partial charge >= 0.3 is 0 Å². The van der Waals surface area contributed by atoms with E-state index < -0.39 is 0 Å². The molecule has 0 N–H and O–H groups in total. The molecule has 2 aromatic heterocycles. The van der Waals surface area contributed by atoms with E-state index in [1.54, 1.807) is 0 Å². The second-order valence-corrected chi connectivity index (χ2v) is 5.95. The number of aromatic nitrogens is 3. The lowest BCUT2D eigenvalue weighted by atomic mass is 10.0. The Morgan fingerprint density at radius 3 is 2.40 bits per heavy atom. The molecule has 25 heavy (non-hydrogen) atoms. The van der Waals surface area contributed by atoms with Crippen LogP contribution in [-0.4, -0.2) is 14.7 Å². The Labute approximate surface area is 146 Å². The Morgan fingerprint density at radius 2 is 1.64 bits per heavy atom. The van der Waals surface area contributed by atoms with Crippen LogP contribution < -0.4 is 0 Å². The fraction of sp³-hybridized carbons (Fsp3) is 0.143. The van der Waals surface area contributed by atoms with Gasteiger partial charge in [0.05, 0.1) is 6.54 Å². The summed E-state index contributed by atoms with van der Waals surface area (Å²) in [5.74, 6) is 1.84. The van der Waals surface area contributed by atoms with Gasteiger partial charge in [0.15, 0.2) is 5.76 Å². The van der Waals surface area contributed by atoms with Crippen molar-refractivity contribution in [3.8, 4) is 22.5 Å². The van der Waals surface area contributed by atoms with E-state index >= 15 is 0 Å². The minimum absolute atomic E-state index is 0.675. The normalized spacial score (nSPS) is 10.9. The van der Waals surface area contributed by atoms with Crippen molar-refractivity contribution in [2.75, 3.05) is 0 Å². The number of aryl methyl sites for hydroxylation is 1. The first-order valence-corrected chi connectivity index (χ1v) is 8.45. The Bertz CT molecular complexity index is 952. The topological polar surface area (TPSA) is 43.9 Å². The first-order chi connectivity index (χ1) is 12.3. The summed E-state index contributed by atoms with van der Waals surface area (Å²) in [6.07, 6.45) is 4.70. The molecular formula is C21H19N3O. The maximum atomic E-state index is 5.53. The number of hydrogen-bond acceptors (Lipinski definition) is 3. The van der Waals surface area contributed by atoms with E-state index in [1.165, 1.54) is 11.1 Å². The van der Waals surface area contributed by atoms with Crippen molar-refractivity contribution in [2.45, 2.75) is 19.9 Å². The monoisotopic (exact) mass is 329 g/mol. The number of benzene rings is 2. The van der Waals surface area contributed by atoms with E-state index in [4.69, 9.17) is 4.52 Å². The van der Waals surface area contributed by atoms with Gasteiger partial charge in [0.1, 0.15) is 11.5 Å². The van der Waals surface area contributed by atoms with E-state index in [2.05, 4.69) is 58.0 Å². The van der Waals surface area contributed by atoms with Crippen LogP contribution in [0.15, 0.2) is 77.6 Å². The first-order valence-electron chi connectivity index (χ1n) is 8.45. The highest BCUT2D eigenvalue weighted by Crippen LogP contribution is 2.25. The second kappa shape index (κ2) is 6.77. The quantitative estimate of drug-likeness (QED) is 0.527. The van der Waals surface area contributed by atoms with Gasteiger partial charge in [0.2, 0.25) is 0 Å². The maximum absolute atomic E-state index is 5.53. The third kappa shape index (κ3) is 3.24. The predicted octanol–water partition coefficient (Wildman–Crippen LogP) is 4.82. The SMILES string of the molecule is CCc1nccn1Cc1cc(-c2ccc(-c3ccccc3)cc2)on1. The van der Waals surface area contributed by atoms with Crippen LogP contribution in [0, 0.1) is 0 Å². The van der Waals surface area contributed by atoms with Gasteiger partial charge < -0.3 is 9.09 Å². The van der Waals surface area contributed by atoms with Gasteiger partial charge in [0.25, 0.3) is 0 Å². The predicted molar refractivity (Wildman–Crippen MR) is 98.1 cm³/mol. The fourth-order valence-corrected chi connectivity index (χ4v) is 2.95. The van der Waals surface area contributed by atoms with Gasteiger partial charge in [-0.2, -0.15) is 0 Å². The molecule has 0 amide bonds. The minimum Gasteiger partial charge on any atom is -0.356 e. The molecule has 4 nitrogen and oxygen atoms in total. The summed E-state index contributed by atoms with van der Waals surface area (Å²) in [5, 5.41) is 4.20. The zero-order valence-electron chi connectivity index (χ0n) is 14.1. The van der Waals surface area contributed by atoms with Crippen LogP contribution >= 0.6 is 0 Å². The molecule has 0 aliphatic rings. The highest BCUT2D eigenvalue weighted by Gasteiger charge is 2.09. The highest BCUT2D eigenvalue weighted by atomic mass is 16.5. The van der Waals surface area contributed by atoms with Gasteiger partial charge in [-0.25, -0.2) is 4.98 Å². The van der Waals surface area contributed by atoms with Gasteiger partial charge in [-0.3, -0.25) is 0 Å². The summed E-state index contributed by atoms with van der Waals surface area (Å²) in [5.41, 5.74) is 4.32. The number of hydrogen-bond donors (Lipinski definition) is 0. The molecule has 0 bridgehead atoms. The molecule has 0 aliphatic carbocycles. The zero-order chi connectivity index (χ0) is 17.1.